The van der Waals surface area contributed by atoms with Crippen LogP contribution in [0.1, 0.15) is 33.6 Å². The van der Waals surface area contributed by atoms with E-state index in [9.17, 15) is 19.5 Å². The number of ether oxygens (including phenoxy) is 1. The average Bonchev–Trinajstić information content (AvgIpc) is 2.54. The summed E-state index contributed by atoms with van der Waals surface area (Å²) in [6, 6.07) is -1.71. The van der Waals surface area contributed by atoms with Gasteiger partial charge in [0.25, 0.3) is 0 Å². The van der Waals surface area contributed by atoms with Gasteiger partial charge in [-0.05, 0) is 25.7 Å². The Balaban J connectivity index is 4.07. The Labute approximate surface area is 168 Å². The number of carbonyl (C=O) groups is 3. The number of halogens is 3. The second-order valence-corrected chi connectivity index (χ2v) is 8.70. The molecule has 0 aliphatic carbocycles. The lowest BCUT2D eigenvalue weighted by atomic mass is 10.1. The number of hydrogen-bond donors (Lipinski definition) is 4. The number of carbonyl (C=O) groups excluding carboxylic acids is 3. The van der Waals surface area contributed by atoms with Crippen LogP contribution in [0.4, 0.5) is 0 Å². The van der Waals surface area contributed by atoms with Gasteiger partial charge in [-0.15, -0.1) is 0 Å². The molecule has 0 rings (SSSR count). The lowest BCUT2D eigenvalue weighted by Crippen LogP contribution is -2.49. The molecule has 0 saturated carbocycles. The molecule has 0 saturated heterocycles. The van der Waals surface area contributed by atoms with E-state index in [4.69, 9.17) is 45.3 Å². The Morgan fingerprint density at radius 3 is 2.23 bits per heavy atom. The molecule has 3 atom stereocenters. The Kier molecular flexibility index (Phi) is 11.5. The smallest absolute Gasteiger partial charge is 0.323 e. The van der Waals surface area contributed by atoms with Crippen molar-refractivity contribution in [1.29, 1.82) is 0 Å². The van der Waals surface area contributed by atoms with Gasteiger partial charge in [-0.3, -0.25) is 14.4 Å². The summed E-state index contributed by atoms with van der Waals surface area (Å²) in [4.78, 5) is 35.2. The minimum Gasteiger partial charge on any atom is -0.460 e. The van der Waals surface area contributed by atoms with Crippen molar-refractivity contribution in [3.63, 3.8) is 0 Å². The van der Waals surface area contributed by atoms with E-state index < -0.39 is 46.4 Å². The van der Waals surface area contributed by atoms with Crippen molar-refractivity contribution >= 4 is 52.6 Å². The van der Waals surface area contributed by atoms with Crippen molar-refractivity contribution in [2.75, 3.05) is 13.2 Å². The predicted octanol–water partition coefficient (Wildman–Crippen LogP) is 0.645. The van der Waals surface area contributed by atoms with Crippen LogP contribution in [-0.4, -0.2) is 58.0 Å². The summed E-state index contributed by atoms with van der Waals surface area (Å²) in [5, 5.41) is 14.6. The van der Waals surface area contributed by atoms with Crippen molar-refractivity contribution in [3.05, 3.63) is 0 Å². The maximum atomic E-state index is 11.9. The monoisotopic (exact) mass is 433 g/mol. The Morgan fingerprint density at radius 2 is 1.73 bits per heavy atom. The molecule has 0 aliphatic heterocycles. The van der Waals surface area contributed by atoms with Crippen LogP contribution in [0.3, 0.4) is 0 Å². The van der Waals surface area contributed by atoms with E-state index in [2.05, 4.69) is 10.6 Å². The minimum atomic E-state index is -1.70. The van der Waals surface area contributed by atoms with Crippen molar-refractivity contribution in [2.45, 2.75) is 55.6 Å². The Morgan fingerprint density at radius 1 is 1.15 bits per heavy atom. The topological polar surface area (TPSA) is 131 Å². The molecular weight excluding hydrogens is 409 g/mol. The van der Waals surface area contributed by atoms with Crippen molar-refractivity contribution in [3.8, 4) is 0 Å². The number of rotatable bonds is 10. The lowest BCUT2D eigenvalue weighted by Gasteiger charge is -2.19. The molecule has 0 spiro atoms. The third-order valence-electron chi connectivity index (χ3n) is 3.32. The largest absolute Gasteiger partial charge is 0.460 e. The van der Waals surface area contributed by atoms with Gasteiger partial charge in [-0.1, -0.05) is 48.7 Å². The molecule has 2 amide bonds. The van der Waals surface area contributed by atoms with Crippen LogP contribution in [0.15, 0.2) is 0 Å². The maximum absolute atomic E-state index is 11.9. The average molecular weight is 435 g/mol. The molecule has 8 nitrogen and oxygen atoms in total. The third-order valence-corrected chi connectivity index (χ3v) is 3.65. The lowest BCUT2D eigenvalue weighted by molar-refractivity contribution is -0.145. The van der Waals surface area contributed by atoms with Crippen LogP contribution in [0.25, 0.3) is 0 Å². The van der Waals surface area contributed by atoms with E-state index in [0.29, 0.717) is 6.42 Å². The second kappa shape index (κ2) is 11.8. The number of aliphatic hydroxyl groups is 1. The highest BCUT2D eigenvalue weighted by Gasteiger charge is 2.25. The quantitative estimate of drug-likeness (QED) is 0.227. The van der Waals surface area contributed by atoms with Crippen molar-refractivity contribution in [2.24, 2.45) is 11.7 Å². The van der Waals surface area contributed by atoms with E-state index >= 15 is 0 Å². The molecule has 0 aromatic rings. The minimum absolute atomic E-state index is 0.247. The third kappa shape index (κ3) is 11.0. The van der Waals surface area contributed by atoms with Gasteiger partial charge in [0.2, 0.25) is 15.6 Å². The van der Waals surface area contributed by atoms with Gasteiger partial charge in [-0.2, -0.15) is 0 Å². The molecule has 152 valence electrons. The molecule has 0 fully saturated rings. The van der Waals surface area contributed by atoms with E-state index in [1.165, 1.54) is 6.92 Å². The zero-order chi connectivity index (χ0) is 20.5. The molecule has 11 heteroatoms. The molecule has 0 aromatic heterocycles. The highest BCUT2D eigenvalue weighted by molar-refractivity contribution is 6.67. The highest BCUT2D eigenvalue weighted by atomic mass is 35.6. The molecule has 0 aromatic carbocycles. The van der Waals surface area contributed by atoms with E-state index in [1.807, 2.05) is 0 Å². The van der Waals surface area contributed by atoms with Crippen molar-refractivity contribution in [1.82, 2.24) is 10.6 Å². The predicted molar refractivity (Wildman–Crippen MR) is 99.9 cm³/mol. The number of amides is 2. The maximum Gasteiger partial charge on any atom is 0.323 e. The van der Waals surface area contributed by atoms with Crippen LogP contribution in [0, 0.1) is 5.92 Å². The standard InChI is InChI=1S/C15H26Cl3N3O5/c1-8(2)11(22)13(24)21-9(3)12(23)20-6-4-5-10(19)14(25)26-7-15(16,17)18/h8-11,22H,4-7,19H2,1-3H3,(H,20,23)(H,21,24)/t9?,10-,11-/m0/s1. The number of aliphatic hydroxyl groups excluding tert-OH is 1. The summed E-state index contributed by atoms with van der Waals surface area (Å²) < 4.78 is 3.05. The normalized spacial score (nSPS) is 15.1. The number of hydrogen-bond acceptors (Lipinski definition) is 6. The van der Waals surface area contributed by atoms with Gasteiger partial charge in [0.15, 0.2) is 0 Å². The van der Waals surface area contributed by atoms with Gasteiger partial charge in [-0.25, -0.2) is 0 Å². The second-order valence-electron chi connectivity index (χ2n) is 6.18. The first-order valence-corrected chi connectivity index (χ1v) is 9.23. The highest BCUT2D eigenvalue weighted by Crippen LogP contribution is 2.26. The fraction of sp³-hybridized carbons (Fsp3) is 0.800. The first-order valence-electron chi connectivity index (χ1n) is 8.10. The molecule has 0 heterocycles. The van der Waals surface area contributed by atoms with Crippen LogP contribution in [-0.2, 0) is 19.1 Å². The summed E-state index contributed by atoms with van der Waals surface area (Å²) in [5.74, 6) is -1.98. The molecule has 5 N–H and O–H groups in total. The van der Waals surface area contributed by atoms with Crippen LogP contribution in [0.2, 0.25) is 0 Å². The van der Waals surface area contributed by atoms with Gasteiger partial charge in [0.1, 0.15) is 24.8 Å². The van der Waals surface area contributed by atoms with E-state index in [-0.39, 0.29) is 18.9 Å². The number of nitrogens with one attached hydrogen (secondary N) is 2. The molecule has 0 bridgehead atoms. The summed E-state index contributed by atoms with van der Waals surface area (Å²) in [6.07, 6.45) is -0.515. The first kappa shape index (κ1) is 25.2. The van der Waals surface area contributed by atoms with Crippen LogP contribution in [0.5, 0.6) is 0 Å². The van der Waals surface area contributed by atoms with Crippen LogP contribution >= 0.6 is 34.8 Å². The Bertz CT molecular complexity index is 486. The number of esters is 1. The molecule has 1 unspecified atom stereocenters. The molecular formula is C15H26Cl3N3O5. The summed E-state index contributed by atoms with van der Waals surface area (Å²) in [5.41, 5.74) is 5.65. The summed E-state index contributed by atoms with van der Waals surface area (Å²) in [7, 11) is 0. The van der Waals surface area contributed by atoms with Gasteiger partial charge >= 0.3 is 5.97 Å². The molecule has 26 heavy (non-hydrogen) atoms. The first-order chi connectivity index (χ1) is 11.8. The number of alkyl halides is 3. The van der Waals surface area contributed by atoms with E-state index in [1.54, 1.807) is 13.8 Å². The summed E-state index contributed by atoms with van der Waals surface area (Å²) in [6.45, 7) is 4.73. The fourth-order valence-corrected chi connectivity index (χ4v) is 1.90. The summed E-state index contributed by atoms with van der Waals surface area (Å²) >= 11 is 16.4. The zero-order valence-electron chi connectivity index (χ0n) is 14.9. The zero-order valence-corrected chi connectivity index (χ0v) is 17.2. The van der Waals surface area contributed by atoms with Gasteiger partial charge in [0.05, 0.1) is 0 Å². The van der Waals surface area contributed by atoms with Crippen LogP contribution < -0.4 is 16.4 Å². The molecule has 0 radical (unpaired) electrons. The fourth-order valence-electron chi connectivity index (χ4n) is 1.73. The van der Waals surface area contributed by atoms with Gasteiger partial charge < -0.3 is 26.2 Å². The number of nitrogens with two attached hydrogens (primary N) is 1. The SMILES string of the molecule is CC(NC(=O)[C@@H](O)C(C)C)C(=O)NCCC[C@H](N)C(=O)OCC(Cl)(Cl)Cl. The van der Waals surface area contributed by atoms with Crippen molar-refractivity contribution < 1.29 is 24.2 Å². The Hall–Kier alpha value is -0.800. The van der Waals surface area contributed by atoms with Gasteiger partial charge in [0, 0.05) is 6.54 Å². The molecule has 0 aliphatic rings. The van der Waals surface area contributed by atoms with E-state index in [0.717, 1.165) is 0 Å².